The second kappa shape index (κ2) is 14.5. The Hall–Kier alpha value is -2.45. The van der Waals surface area contributed by atoms with Gasteiger partial charge in [-0.05, 0) is 53.8 Å². The average Bonchev–Trinajstić information content (AvgIpc) is 2.89. The Balaban J connectivity index is 1.43. The lowest BCUT2D eigenvalue weighted by Gasteiger charge is -2.26. The molecule has 0 atom stereocenters. The Kier molecular flexibility index (Phi) is 10.8. The Morgan fingerprint density at radius 2 is 1.68 bits per heavy atom. The molecule has 0 saturated carbocycles. The molecule has 0 unspecified atom stereocenters. The summed E-state index contributed by atoms with van der Waals surface area (Å²) in [5.74, 6) is 1.38. The third-order valence-electron chi connectivity index (χ3n) is 6.82. The molecule has 2 heterocycles. The van der Waals surface area contributed by atoms with E-state index in [9.17, 15) is 4.79 Å². The predicted molar refractivity (Wildman–Crippen MR) is 146 cm³/mol. The molecule has 0 spiro atoms. The molecule has 1 N–H and O–H groups in total. The summed E-state index contributed by atoms with van der Waals surface area (Å²) in [4.78, 5) is 17.8. The molecule has 2 aromatic rings. The summed E-state index contributed by atoms with van der Waals surface area (Å²) >= 11 is 0. The van der Waals surface area contributed by atoms with E-state index in [1.165, 1.54) is 11.1 Å². The van der Waals surface area contributed by atoms with Gasteiger partial charge in [-0.25, -0.2) is 0 Å². The highest BCUT2D eigenvalue weighted by Crippen LogP contribution is 2.25. The van der Waals surface area contributed by atoms with E-state index in [1.807, 2.05) is 18.2 Å². The number of amides is 1. The van der Waals surface area contributed by atoms with Gasteiger partial charge in [-0.3, -0.25) is 14.6 Å². The minimum atomic E-state index is -0.0365. The van der Waals surface area contributed by atoms with Gasteiger partial charge >= 0.3 is 0 Å². The number of ether oxygens (including phenoxy) is 3. The molecule has 2 aliphatic rings. The monoisotopic (exact) mass is 509 g/mol. The highest BCUT2D eigenvalue weighted by Gasteiger charge is 2.15. The van der Waals surface area contributed by atoms with Crippen molar-refractivity contribution in [2.45, 2.75) is 33.2 Å². The van der Waals surface area contributed by atoms with Crippen LogP contribution in [0.5, 0.6) is 5.75 Å². The van der Waals surface area contributed by atoms with Crippen molar-refractivity contribution >= 4 is 5.91 Å². The van der Waals surface area contributed by atoms with Gasteiger partial charge in [-0.2, -0.15) is 0 Å². The Morgan fingerprint density at radius 3 is 2.49 bits per heavy atom. The minimum absolute atomic E-state index is 0.0365. The molecule has 4 rings (SSSR count). The zero-order chi connectivity index (χ0) is 25.9. The largest absolute Gasteiger partial charge is 0.491 e. The molecule has 7 heteroatoms. The van der Waals surface area contributed by atoms with E-state index in [0.717, 1.165) is 70.2 Å². The highest BCUT2D eigenvalue weighted by atomic mass is 16.5. The van der Waals surface area contributed by atoms with Crippen LogP contribution in [0.25, 0.3) is 0 Å². The molecule has 7 nitrogen and oxygen atoms in total. The second-order valence-electron chi connectivity index (χ2n) is 10.5. The fraction of sp³-hybridized carbons (Fsp3) is 0.567. The number of nitrogens with one attached hydrogen (secondary N) is 1. The number of hydrogen-bond acceptors (Lipinski definition) is 6. The van der Waals surface area contributed by atoms with E-state index in [2.05, 4.69) is 53.2 Å². The van der Waals surface area contributed by atoms with Gasteiger partial charge in [-0.15, -0.1) is 0 Å². The number of carbonyl (C=O) groups excluding carboxylic acids is 1. The number of carbonyl (C=O) groups is 1. The van der Waals surface area contributed by atoms with Crippen LogP contribution in [0.15, 0.2) is 42.5 Å². The van der Waals surface area contributed by atoms with Crippen molar-refractivity contribution in [3.8, 4) is 5.75 Å². The predicted octanol–water partition coefficient (Wildman–Crippen LogP) is 3.60. The van der Waals surface area contributed by atoms with Gasteiger partial charge in [0.05, 0.1) is 26.4 Å². The molecular formula is C30H43N3O4. The fourth-order valence-corrected chi connectivity index (χ4v) is 5.00. The van der Waals surface area contributed by atoms with E-state index in [4.69, 9.17) is 14.2 Å². The fourth-order valence-electron chi connectivity index (χ4n) is 5.00. The van der Waals surface area contributed by atoms with Crippen LogP contribution >= 0.6 is 0 Å². The molecule has 1 amide bonds. The van der Waals surface area contributed by atoms with Gasteiger partial charge in [0.15, 0.2) is 0 Å². The minimum Gasteiger partial charge on any atom is -0.491 e. The summed E-state index contributed by atoms with van der Waals surface area (Å²) < 4.78 is 17.4. The molecule has 0 aliphatic carbocycles. The molecule has 1 saturated heterocycles. The topological polar surface area (TPSA) is 63.3 Å². The van der Waals surface area contributed by atoms with Gasteiger partial charge < -0.3 is 19.5 Å². The molecule has 1 fully saturated rings. The lowest BCUT2D eigenvalue weighted by molar-refractivity contribution is 0.0374. The number of rotatable bonds is 7. The van der Waals surface area contributed by atoms with Crippen LogP contribution in [0.4, 0.5) is 0 Å². The zero-order valence-electron chi connectivity index (χ0n) is 22.5. The Labute approximate surface area is 222 Å². The van der Waals surface area contributed by atoms with Crippen molar-refractivity contribution in [3.63, 3.8) is 0 Å². The third kappa shape index (κ3) is 9.11. The molecule has 2 bridgehead atoms. The number of nitrogens with zero attached hydrogens (tertiary/aromatic N) is 2. The van der Waals surface area contributed by atoms with E-state index in [0.29, 0.717) is 44.3 Å². The first-order valence-corrected chi connectivity index (χ1v) is 13.8. The third-order valence-corrected chi connectivity index (χ3v) is 6.82. The highest BCUT2D eigenvalue weighted by molar-refractivity contribution is 5.94. The van der Waals surface area contributed by atoms with Crippen LogP contribution in [0.1, 0.15) is 47.3 Å². The summed E-state index contributed by atoms with van der Waals surface area (Å²) in [5.41, 5.74) is 4.22. The quantitative estimate of drug-likeness (QED) is 0.576. The molecule has 202 valence electrons. The molecule has 0 aromatic heterocycles. The van der Waals surface area contributed by atoms with Crippen molar-refractivity contribution in [2.75, 3.05) is 72.3 Å². The molecule has 2 aliphatic heterocycles. The summed E-state index contributed by atoms with van der Waals surface area (Å²) in [6.07, 6.45) is 1.65. The first-order valence-electron chi connectivity index (χ1n) is 13.8. The first-order chi connectivity index (χ1) is 18.1. The maximum absolute atomic E-state index is 12.9. The van der Waals surface area contributed by atoms with Gasteiger partial charge in [-0.1, -0.05) is 38.1 Å². The SMILES string of the molecule is CC(C)CN1CCOCCOc2ccc(C(=O)NCCCN3CCOCC3)cc2Cc2cccc(c2)C1. The van der Waals surface area contributed by atoms with Crippen molar-refractivity contribution in [1.29, 1.82) is 0 Å². The van der Waals surface area contributed by atoms with Gasteiger partial charge in [0.25, 0.3) is 5.91 Å². The first kappa shape index (κ1) is 27.6. The van der Waals surface area contributed by atoms with Crippen LogP contribution in [-0.2, 0) is 22.4 Å². The maximum Gasteiger partial charge on any atom is 0.251 e. The summed E-state index contributed by atoms with van der Waals surface area (Å²) in [7, 11) is 0. The molecular weight excluding hydrogens is 466 g/mol. The van der Waals surface area contributed by atoms with Crippen LogP contribution in [0.2, 0.25) is 0 Å². The smallest absolute Gasteiger partial charge is 0.251 e. The van der Waals surface area contributed by atoms with Crippen LogP contribution in [0.3, 0.4) is 0 Å². The average molecular weight is 510 g/mol. The number of fused-ring (bicyclic) bond motifs is 3. The van der Waals surface area contributed by atoms with Crippen LogP contribution < -0.4 is 10.1 Å². The number of morpholine rings is 1. The van der Waals surface area contributed by atoms with Crippen LogP contribution in [0, 0.1) is 5.92 Å². The van der Waals surface area contributed by atoms with Crippen molar-refractivity contribution < 1.29 is 19.0 Å². The second-order valence-corrected chi connectivity index (χ2v) is 10.5. The van der Waals surface area contributed by atoms with Crippen molar-refractivity contribution in [3.05, 3.63) is 64.7 Å². The van der Waals surface area contributed by atoms with E-state index < -0.39 is 0 Å². The van der Waals surface area contributed by atoms with E-state index in [-0.39, 0.29) is 5.91 Å². The standard InChI is InChI=1S/C30H43N3O4/c1-24(2)22-33-13-16-36-17-18-37-29-8-7-27(21-28(29)20-25-5-3-6-26(19-25)23-33)30(34)31-9-4-10-32-11-14-35-15-12-32/h3,5-8,19,21,24H,4,9-18,20,22-23H2,1-2H3,(H,31,34). The van der Waals surface area contributed by atoms with E-state index in [1.54, 1.807) is 0 Å². The number of benzene rings is 2. The van der Waals surface area contributed by atoms with Gasteiger partial charge in [0.1, 0.15) is 12.4 Å². The van der Waals surface area contributed by atoms with Crippen LogP contribution in [-0.4, -0.2) is 88.0 Å². The van der Waals surface area contributed by atoms with Gasteiger partial charge in [0.2, 0.25) is 0 Å². The van der Waals surface area contributed by atoms with E-state index >= 15 is 0 Å². The van der Waals surface area contributed by atoms with Gasteiger partial charge in [0, 0.05) is 51.3 Å². The lowest BCUT2D eigenvalue weighted by Crippen LogP contribution is -2.38. The summed E-state index contributed by atoms with van der Waals surface area (Å²) in [6.45, 7) is 14.3. The normalized spacial score (nSPS) is 18.0. The molecule has 37 heavy (non-hydrogen) atoms. The lowest BCUT2D eigenvalue weighted by atomic mass is 9.99. The Morgan fingerprint density at radius 1 is 0.919 bits per heavy atom. The number of hydrogen-bond donors (Lipinski definition) is 1. The van der Waals surface area contributed by atoms with Crippen molar-refractivity contribution in [1.82, 2.24) is 15.1 Å². The molecule has 2 aromatic carbocycles. The maximum atomic E-state index is 12.9. The summed E-state index contributed by atoms with van der Waals surface area (Å²) in [5, 5.41) is 3.09. The van der Waals surface area contributed by atoms with Crippen molar-refractivity contribution in [2.24, 2.45) is 5.92 Å². The molecule has 0 radical (unpaired) electrons. The summed E-state index contributed by atoms with van der Waals surface area (Å²) in [6, 6.07) is 14.5. The Bertz CT molecular complexity index is 991. The zero-order valence-corrected chi connectivity index (χ0v) is 22.5.